The number of halogens is 1. The van der Waals surface area contributed by atoms with Gasteiger partial charge in [-0.1, -0.05) is 23.7 Å². The van der Waals surface area contributed by atoms with Crippen molar-refractivity contribution in [3.63, 3.8) is 0 Å². The maximum atomic E-state index is 12.6. The van der Waals surface area contributed by atoms with E-state index in [0.29, 0.717) is 32.9 Å². The molecule has 0 aliphatic rings. The minimum atomic E-state index is -0.233. The van der Waals surface area contributed by atoms with Crippen molar-refractivity contribution in [1.82, 2.24) is 24.5 Å². The third-order valence-electron chi connectivity index (χ3n) is 4.53. The summed E-state index contributed by atoms with van der Waals surface area (Å²) in [5, 5.41) is 14.9. The number of aromatic nitrogens is 5. The zero-order valence-electron chi connectivity index (χ0n) is 15.8. The summed E-state index contributed by atoms with van der Waals surface area (Å²) in [6.07, 6.45) is 4.92. The zero-order valence-corrected chi connectivity index (χ0v) is 17.4. The Bertz CT molecular complexity index is 1380. The Kier molecular flexibility index (Phi) is 5.03. The van der Waals surface area contributed by atoms with Crippen LogP contribution in [0, 0.1) is 0 Å². The number of rotatable bonds is 5. The number of H-pyrrole nitrogens is 1. The van der Waals surface area contributed by atoms with Gasteiger partial charge in [0.1, 0.15) is 0 Å². The van der Waals surface area contributed by atoms with Gasteiger partial charge in [-0.05, 0) is 36.4 Å². The van der Waals surface area contributed by atoms with Crippen molar-refractivity contribution in [1.29, 1.82) is 0 Å². The Morgan fingerprint density at radius 2 is 2.03 bits per heavy atom. The first-order valence-electron chi connectivity index (χ1n) is 9.21. The number of anilines is 3. The first kappa shape index (κ1) is 19.2. The Morgan fingerprint density at radius 3 is 2.90 bits per heavy atom. The van der Waals surface area contributed by atoms with Crippen molar-refractivity contribution in [2.24, 2.45) is 0 Å². The Morgan fingerprint density at radius 1 is 1.10 bits per heavy atom. The van der Waals surface area contributed by atoms with Crippen molar-refractivity contribution in [3.8, 4) is 11.4 Å². The normalized spacial score (nSPS) is 10.9. The molecular weight excluding hydrogens is 434 g/mol. The summed E-state index contributed by atoms with van der Waals surface area (Å²) in [7, 11) is 0. The van der Waals surface area contributed by atoms with Gasteiger partial charge < -0.3 is 10.6 Å². The number of hydrogen-bond acceptors (Lipinski definition) is 7. The molecule has 1 amide bonds. The van der Waals surface area contributed by atoms with Gasteiger partial charge in [-0.25, -0.2) is 0 Å². The fourth-order valence-electron chi connectivity index (χ4n) is 3.03. The van der Waals surface area contributed by atoms with Crippen molar-refractivity contribution in [2.75, 3.05) is 10.6 Å². The van der Waals surface area contributed by atoms with E-state index < -0.39 is 0 Å². The molecule has 5 aromatic rings. The molecule has 152 valence electrons. The second-order valence-electron chi connectivity index (χ2n) is 6.58. The van der Waals surface area contributed by atoms with E-state index in [2.05, 4.69) is 35.2 Å². The molecule has 0 atom stereocenters. The van der Waals surface area contributed by atoms with Crippen molar-refractivity contribution >= 4 is 56.4 Å². The number of aromatic amines is 1. The standard InChI is InChI=1S/C21H14ClN7OS/c22-18-15-11-24-28-16(15)6-7-17(18)26-21-27-19(29-31-21)12-3-1-4-13(9-12)20(30)25-14-5-2-8-23-10-14/h1-11H,(H,24,28)(H,25,30)(H,26,27,29). The van der Waals surface area contributed by atoms with E-state index in [4.69, 9.17) is 11.6 Å². The molecule has 0 fully saturated rings. The number of amides is 1. The lowest BCUT2D eigenvalue weighted by molar-refractivity contribution is 0.102. The van der Waals surface area contributed by atoms with Gasteiger partial charge in [0.25, 0.3) is 5.91 Å². The fourth-order valence-corrected chi connectivity index (χ4v) is 3.89. The summed E-state index contributed by atoms with van der Waals surface area (Å²) in [5.41, 5.74) is 3.43. The molecule has 10 heteroatoms. The average Bonchev–Trinajstić information content (AvgIpc) is 3.47. The summed E-state index contributed by atoms with van der Waals surface area (Å²) < 4.78 is 4.41. The highest BCUT2D eigenvalue weighted by Crippen LogP contribution is 2.33. The van der Waals surface area contributed by atoms with E-state index in [1.54, 1.807) is 48.9 Å². The van der Waals surface area contributed by atoms with Crippen LogP contribution in [0.1, 0.15) is 10.4 Å². The van der Waals surface area contributed by atoms with Gasteiger partial charge in [0.15, 0.2) is 5.82 Å². The van der Waals surface area contributed by atoms with Crippen LogP contribution in [-0.2, 0) is 0 Å². The topological polar surface area (TPSA) is 108 Å². The molecule has 0 spiro atoms. The van der Waals surface area contributed by atoms with Crippen LogP contribution in [0.25, 0.3) is 22.3 Å². The Labute approximate surface area is 185 Å². The van der Waals surface area contributed by atoms with E-state index in [1.165, 1.54) is 11.5 Å². The second-order valence-corrected chi connectivity index (χ2v) is 7.71. The van der Waals surface area contributed by atoms with Crippen LogP contribution < -0.4 is 10.6 Å². The molecule has 0 radical (unpaired) electrons. The minimum Gasteiger partial charge on any atom is -0.329 e. The number of pyridine rings is 1. The predicted octanol–water partition coefficient (Wildman–Crippen LogP) is 5.13. The lowest BCUT2D eigenvalue weighted by Crippen LogP contribution is -2.11. The molecule has 0 saturated heterocycles. The van der Waals surface area contributed by atoms with E-state index in [1.807, 2.05) is 18.2 Å². The highest BCUT2D eigenvalue weighted by molar-refractivity contribution is 7.10. The van der Waals surface area contributed by atoms with Crippen LogP contribution in [0.2, 0.25) is 5.02 Å². The Balaban J connectivity index is 1.36. The van der Waals surface area contributed by atoms with Crippen molar-refractivity contribution in [2.45, 2.75) is 0 Å². The molecule has 8 nitrogen and oxygen atoms in total. The molecule has 3 aromatic heterocycles. The van der Waals surface area contributed by atoms with Crippen LogP contribution in [0.5, 0.6) is 0 Å². The second kappa shape index (κ2) is 8.13. The number of carbonyl (C=O) groups excluding carboxylic acids is 1. The van der Waals surface area contributed by atoms with E-state index >= 15 is 0 Å². The predicted molar refractivity (Wildman–Crippen MR) is 122 cm³/mol. The molecule has 3 heterocycles. The average molecular weight is 448 g/mol. The maximum Gasteiger partial charge on any atom is 0.255 e. The highest BCUT2D eigenvalue weighted by Gasteiger charge is 2.13. The van der Waals surface area contributed by atoms with Gasteiger partial charge in [-0.2, -0.15) is 14.5 Å². The third kappa shape index (κ3) is 3.96. The molecule has 31 heavy (non-hydrogen) atoms. The number of fused-ring (bicyclic) bond motifs is 1. The summed E-state index contributed by atoms with van der Waals surface area (Å²) in [6.45, 7) is 0. The molecule has 0 aliphatic heterocycles. The van der Waals surface area contributed by atoms with Crippen LogP contribution in [0.3, 0.4) is 0 Å². The van der Waals surface area contributed by atoms with Crippen LogP contribution in [0.4, 0.5) is 16.5 Å². The van der Waals surface area contributed by atoms with Gasteiger partial charge in [-0.3, -0.25) is 14.9 Å². The Hall–Kier alpha value is -3.82. The third-order valence-corrected chi connectivity index (χ3v) is 5.57. The van der Waals surface area contributed by atoms with Gasteiger partial charge in [0, 0.05) is 34.2 Å². The van der Waals surface area contributed by atoms with E-state index in [-0.39, 0.29) is 5.91 Å². The van der Waals surface area contributed by atoms with Gasteiger partial charge >= 0.3 is 0 Å². The number of nitrogens with zero attached hydrogens (tertiary/aromatic N) is 4. The number of nitrogens with one attached hydrogen (secondary N) is 3. The van der Waals surface area contributed by atoms with Crippen LogP contribution >= 0.6 is 23.1 Å². The van der Waals surface area contributed by atoms with Crippen LogP contribution in [-0.4, -0.2) is 30.4 Å². The quantitative estimate of drug-likeness (QED) is 0.345. The SMILES string of the molecule is O=C(Nc1cccnc1)c1cccc(-c2nsc(Nc3ccc4[nH]ncc4c3Cl)n2)c1. The molecule has 0 bridgehead atoms. The summed E-state index contributed by atoms with van der Waals surface area (Å²) in [5.74, 6) is 0.285. The molecule has 0 aliphatic carbocycles. The largest absolute Gasteiger partial charge is 0.329 e. The van der Waals surface area contributed by atoms with Gasteiger partial charge in [0.05, 0.1) is 34.3 Å². The maximum absolute atomic E-state index is 12.6. The molecule has 0 saturated carbocycles. The fraction of sp³-hybridized carbons (Fsp3) is 0. The molecule has 2 aromatic carbocycles. The summed E-state index contributed by atoms with van der Waals surface area (Å²) in [6, 6.07) is 14.4. The smallest absolute Gasteiger partial charge is 0.255 e. The molecule has 3 N–H and O–H groups in total. The van der Waals surface area contributed by atoms with Gasteiger partial charge in [-0.15, -0.1) is 0 Å². The lowest BCUT2D eigenvalue weighted by atomic mass is 10.1. The summed E-state index contributed by atoms with van der Waals surface area (Å²) in [4.78, 5) is 21.1. The first-order chi connectivity index (χ1) is 15.2. The number of carbonyl (C=O) groups is 1. The number of hydrogen-bond donors (Lipinski definition) is 3. The van der Waals surface area contributed by atoms with Crippen molar-refractivity contribution < 1.29 is 4.79 Å². The lowest BCUT2D eigenvalue weighted by Gasteiger charge is -2.06. The van der Waals surface area contributed by atoms with E-state index in [9.17, 15) is 4.79 Å². The molecule has 0 unspecified atom stereocenters. The minimum absolute atomic E-state index is 0.233. The van der Waals surface area contributed by atoms with Crippen molar-refractivity contribution in [3.05, 3.63) is 77.7 Å². The number of benzene rings is 2. The van der Waals surface area contributed by atoms with Gasteiger partial charge in [0.2, 0.25) is 5.13 Å². The first-order valence-corrected chi connectivity index (χ1v) is 10.4. The molecular formula is C21H14ClN7OS. The van der Waals surface area contributed by atoms with E-state index in [0.717, 1.165) is 16.5 Å². The highest BCUT2D eigenvalue weighted by atomic mass is 35.5. The molecule has 5 rings (SSSR count). The zero-order chi connectivity index (χ0) is 21.2. The monoisotopic (exact) mass is 447 g/mol. The summed E-state index contributed by atoms with van der Waals surface area (Å²) >= 11 is 7.67. The van der Waals surface area contributed by atoms with Crippen LogP contribution in [0.15, 0.2) is 67.1 Å².